The smallest absolute Gasteiger partial charge is 0.246 e. The number of hydrogen-bond acceptors (Lipinski definition) is 3. The number of piperazine rings is 1. The van der Waals surface area contributed by atoms with E-state index in [2.05, 4.69) is 10.2 Å². The molecule has 1 N–H and O–H groups in total. The number of carbonyl (C=O) groups excluding carboxylic acids is 2. The standard InChI is InChI=1S/C16H27N3O2/c1-10(2)14-16(21)19(11(3)15(20)17-14)13-7-9-18-8-5-4-6-12(13)18/h10-14H,4-9H2,1-3H3,(H,17,20). The molecule has 5 nitrogen and oxygen atoms in total. The maximum Gasteiger partial charge on any atom is 0.246 e. The van der Waals surface area contributed by atoms with E-state index in [9.17, 15) is 9.59 Å². The summed E-state index contributed by atoms with van der Waals surface area (Å²) >= 11 is 0. The fourth-order valence-corrected chi connectivity index (χ4v) is 4.26. The van der Waals surface area contributed by atoms with Gasteiger partial charge in [-0.15, -0.1) is 0 Å². The van der Waals surface area contributed by atoms with Crippen molar-refractivity contribution in [2.75, 3.05) is 13.1 Å². The van der Waals surface area contributed by atoms with E-state index in [4.69, 9.17) is 0 Å². The predicted molar refractivity (Wildman–Crippen MR) is 80.7 cm³/mol. The number of rotatable bonds is 2. The fourth-order valence-electron chi connectivity index (χ4n) is 4.26. The van der Waals surface area contributed by atoms with E-state index in [1.165, 1.54) is 12.8 Å². The molecule has 3 aliphatic heterocycles. The molecule has 4 unspecified atom stereocenters. The molecule has 2 amide bonds. The van der Waals surface area contributed by atoms with Gasteiger partial charge in [-0.05, 0) is 38.6 Å². The van der Waals surface area contributed by atoms with Crippen molar-refractivity contribution in [1.29, 1.82) is 0 Å². The monoisotopic (exact) mass is 293 g/mol. The Morgan fingerprint density at radius 1 is 1.10 bits per heavy atom. The van der Waals surface area contributed by atoms with Crippen LogP contribution in [0.2, 0.25) is 0 Å². The van der Waals surface area contributed by atoms with Gasteiger partial charge in [0.1, 0.15) is 12.1 Å². The highest BCUT2D eigenvalue weighted by Crippen LogP contribution is 2.33. The molecule has 4 atom stereocenters. The second-order valence-electron chi connectivity index (χ2n) is 7.11. The van der Waals surface area contributed by atoms with Crippen LogP contribution in [0.5, 0.6) is 0 Å². The molecule has 0 saturated carbocycles. The fraction of sp³-hybridized carbons (Fsp3) is 0.875. The maximum absolute atomic E-state index is 12.9. The SMILES string of the molecule is CC(C)C1NC(=O)C(C)N(C2CCN3CCCCC23)C1=O. The van der Waals surface area contributed by atoms with Crippen LogP contribution in [0.15, 0.2) is 0 Å². The van der Waals surface area contributed by atoms with Crippen molar-refractivity contribution in [3.8, 4) is 0 Å². The minimum Gasteiger partial charge on any atom is -0.342 e. The van der Waals surface area contributed by atoms with Gasteiger partial charge in [0.15, 0.2) is 0 Å². The molecule has 0 spiro atoms. The third-order valence-electron chi connectivity index (χ3n) is 5.46. The molecule has 3 aliphatic rings. The number of carbonyl (C=O) groups is 2. The zero-order chi connectivity index (χ0) is 15.1. The normalized spacial score (nSPS) is 37.8. The second kappa shape index (κ2) is 5.59. The van der Waals surface area contributed by atoms with E-state index in [1.54, 1.807) is 0 Å². The molecule has 3 saturated heterocycles. The Balaban J connectivity index is 1.84. The summed E-state index contributed by atoms with van der Waals surface area (Å²) in [6, 6.07) is -0.00493. The van der Waals surface area contributed by atoms with Gasteiger partial charge in [-0.25, -0.2) is 0 Å². The molecule has 0 radical (unpaired) electrons. The average molecular weight is 293 g/mol. The maximum atomic E-state index is 12.9. The predicted octanol–water partition coefficient (Wildman–Crippen LogP) is 0.985. The lowest BCUT2D eigenvalue weighted by Gasteiger charge is -2.45. The molecule has 0 aromatic carbocycles. The van der Waals surface area contributed by atoms with Crippen molar-refractivity contribution in [3.63, 3.8) is 0 Å². The minimum atomic E-state index is -0.355. The molecule has 118 valence electrons. The molecule has 5 heteroatoms. The van der Waals surface area contributed by atoms with Crippen molar-refractivity contribution in [2.24, 2.45) is 5.92 Å². The molecular weight excluding hydrogens is 266 g/mol. The Morgan fingerprint density at radius 2 is 1.86 bits per heavy atom. The van der Waals surface area contributed by atoms with Gasteiger partial charge in [0.05, 0.1) is 0 Å². The van der Waals surface area contributed by atoms with Crippen molar-refractivity contribution < 1.29 is 9.59 Å². The minimum absolute atomic E-state index is 0.00237. The van der Waals surface area contributed by atoms with E-state index in [0.717, 1.165) is 25.9 Å². The third kappa shape index (κ3) is 2.45. The summed E-state index contributed by atoms with van der Waals surface area (Å²) in [6.45, 7) is 8.09. The van der Waals surface area contributed by atoms with Crippen molar-refractivity contribution in [3.05, 3.63) is 0 Å². The summed E-state index contributed by atoms with van der Waals surface area (Å²) in [6.07, 6.45) is 4.68. The van der Waals surface area contributed by atoms with Gasteiger partial charge in [-0.1, -0.05) is 20.3 Å². The highest BCUT2D eigenvalue weighted by Gasteiger charge is 2.48. The van der Waals surface area contributed by atoms with Crippen molar-refractivity contribution in [2.45, 2.75) is 70.6 Å². The molecule has 0 aromatic rings. The number of amides is 2. The zero-order valence-corrected chi connectivity index (χ0v) is 13.3. The van der Waals surface area contributed by atoms with Gasteiger partial charge in [-0.2, -0.15) is 0 Å². The van der Waals surface area contributed by atoms with Crippen LogP contribution in [-0.2, 0) is 9.59 Å². The van der Waals surface area contributed by atoms with Crippen LogP contribution in [0.1, 0.15) is 46.5 Å². The van der Waals surface area contributed by atoms with E-state index >= 15 is 0 Å². The molecule has 21 heavy (non-hydrogen) atoms. The lowest BCUT2D eigenvalue weighted by Crippen LogP contribution is -2.67. The number of hydrogen-bond donors (Lipinski definition) is 1. The molecule has 0 aliphatic carbocycles. The number of piperidine rings is 1. The van der Waals surface area contributed by atoms with Crippen LogP contribution in [0, 0.1) is 5.92 Å². The van der Waals surface area contributed by atoms with Crippen molar-refractivity contribution in [1.82, 2.24) is 15.1 Å². The Kier molecular flexibility index (Phi) is 3.95. The second-order valence-corrected chi connectivity index (χ2v) is 7.11. The molecule has 0 bridgehead atoms. The number of fused-ring (bicyclic) bond motifs is 1. The Bertz CT molecular complexity index is 437. The Hall–Kier alpha value is -1.10. The van der Waals surface area contributed by atoms with E-state index in [0.29, 0.717) is 6.04 Å². The average Bonchev–Trinajstić information content (AvgIpc) is 2.87. The molecule has 3 fully saturated rings. The molecular formula is C16H27N3O2. The summed E-state index contributed by atoms with van der Waals surface area (Å²) in [5.74, 6) is 0.261. The first kappa shape index (κ1) is 14.8. The summed E-state index contributed by atoms with van der Waals surface area (Å²) in [5, 5.41) is 2.90. The van der Waals surface area contributed by atoms with E-state index < -0.39 is 0 Å². The van der Waals surface area contributed by atoms with Gasteiger partial charge in [-0.3, -0.25) is 14.5 Å². The molecule has 3 heterocycles. The highest BCUT2D eigenvalue weighted by molar-refractivity contribution is 5.97. The number of nitrogens with zero attached hydrogens (tertiary/aromatic N) is 2. The first-order chi connectivity index (χ1) is 10.0. The van der Waals surface area contributed by atoms with Gasteiger partial charge < -0.3 is 10.2 Å². The highest BCUT2D eigenvalue weighted by atomic mass is 16.2. The topological polar surface area (TPSA) is 52.7 Å². The largest absolute Gasteiger partial charge is 0.342 e. The van der Waals surface area contributed by atoms with Gasteiger partial charge in [0.25, 0.3) is 0 Å². The first-order valence-corrected chi connectivity index (χ1v) is 8.37. The van der Waals surface area contributed by atoms with Crippen LogP contribution in [0.4, 0.5) is 0 Å². The third-order valence-corrected chi connectivity index (χ3v) is 5.46. The summed E-state index contributed by atoms with van der Waals surface area (Å²) in [5.41, 5.74) is 0. The first-order valence-electron chi connectivity index (χ1n) is 8.37. The molecule has 0 aromatic heterocycles. The van der Waals surface area contributed by atoms with E-state index in [1.807, 2.05) is 25.7 Å². The van der Waals surface area contributed by atoms with Crippen LogP contribution < -0.4 is 5.32 Å². The Labute approximate surface area is 127 Å². The Morgan fingerprint density at radius 3 is 2.57 bits per heavy atom. The summed E-state index contributed by atoms with van der Waals surface area (Å²) < 4.78 is 0. The zero-order valence-electron chi connectivity index (χ0n) is 13.3. The lowest BCUT2D eigenvalue weighted by atomic mass is 9.92. The molecule has 3 rings (SSSR count). The lowest BCUT2D eigenvalue weighted by molar-refractivity contribution is -0.153. The van der Waals surface area contributed by atoms with Crippen LogP contribution in [-0.4, -0.2) is 58.9 Å². The van der Waals surface area contributed by atoms with Gasteiger partial charge in [0, 0.05) is 18.6 Å². The van der Waals surface area contributed by atoms with Crippen LogP contribution in [0.3, 0.4) is 0 Å². The van der Waals surface area contributed by atoms with Crippen LogP contribution >= 0.6 is 0 Å². The van der Waals surface area contributed by atoms with Crippen LogP contribution in [0.25, 0.3) is 0 Å². The van der Waals surface area contributed by atoms with Gasteiger partial charge in [0.2, 0.25) is 11.8 Å². The summed E-state index contributed by atoms with van der Waals surface area (Å²) in [7, 11) is 0. The quantitative estimate of drug-likeness (QED) is 0.826. The number of nitrogens with one attached hydrogen (secondary N) is 1. The van der Waals surface area contributed by atoms with Gasteiger partial charge >= 0.3 is 0 Å². The summed E-state index contributed by atoms with van der Waals surface area (Å²) in [4.78, 5) is 29.6. The van der Waals surface area contributed by atoms with Crippen molar-refractivity contribution >= 4 is 11.8 Å². The van der Waals surface area contributed by atoms with E-state index in [-0.39, 0.29) is 35.9 Å².